The molecule has 0 saturated carbocycles. The summed E-state index contributed by atoms with van der Waals surface area (Å²) in [4.78, 5) is 14.9. The fraction of sp³-hybridized carbons (Fsp3) is 0.318. The molecule has 0 aliphatic carbocycles. The van der Waals surface area contributed by atoms with Gasteiger partial charge in [-0.05, 0) is 25.5 Å². The smallest absolute Gasteiger partial charge is 0.164 e. The first-order valence-corrected chi connectivity index (χ1v) is 8.77. The van der Waals surface area contributed by atoms with Gasteiger partial charge >= 0.3 is 0 Å². The van der Waals surface area contributed by atoms with Crippen molar-refractivity contribution in [2.45, 2.75) is 37.8 Å². The predicted molar refractivity (Wildman–Crippen MR) is 100 cm³/mol. The molecule has 1 aliphatic heterocycles. The highest BCUT2D eigenvalue weighted by atomic mass is 16.1. The lowest BCUT2D eigenvalue weighted by Crippen LogP contribution is -2.43. The molecular weight excluding hydrogens is 294 g/mol. The second-order valence-electron chi connectivity index (χ2n) is 6.58. The van der Waals surface area contributed by atoms with Crippen molar-refractivity contribution >= 4 is 11.9 Å². The number of nitrogens with zero attached hydrogens (tertiary/aromatic N) is 1. The Morgan fingerprint density at radius 3 is 2.42 bits per heavy atom. The molecule has 3 rings (SSSR count). The molecular formula is C22H25NO. The molecule has 1 fully saturated rings. The Morgan fingerprint density at radius 1 is 1.04 bits per heavy atom. The van der Waals surface area contributed by atoms with E-state index in [2.05, 4.69) is 48.4 Å². The van der Waals surface area contributed by atoms with Crippen LogP contribution in [0.5, 0.6) is 0 Å². The molecule has 1 saturated heterocycles. The van der Waals surface area contributed by atoms with Gasteiger partial charge < -0.3 is 0 Å². The zero-order valence-corrected chi connectivity index (χ0v) is 14.3. The van der Waals surface area contributed by atoms with Crippen LogP contribution >= 0.6 is 0 Å². The fourth-order valence-electron chi connectivity index (χ4n) is 3.46. The topological polar surface area (TPSA) is 20.3 Å². The van der Waals surface area contributed by atoms with Gasteiger partial charge in [0.1, 0.15) is 0 Å². The van der Waals surface area contributed by atoms with Gasteiger partial charge in [-0.25, -0.2) is 0 Å². The normalized spacial score (nSPS) is 21.9. The first kappa shape index (κ1) is 16.7. The Balaban J connectivity index is 1.63. The van der Waals surface area contributed by atoms with Crippen LogP contribution in [-0.2, 0) is 0 Å². The third-order valence-electron chi connectivity index (χ3n) is 4.96. The van der Waals surface area contributed by atoms with Crippen LogP contribution in [0.1, 0.15) is 41.6 Å². The van der Waals surface area contributed by atoms with Crippen molar-refractivity contribution in [2.24, 2.45) is 0 Å². The average molecular weight is 319 g/mol. The second kappa shape index (κ2) is 8.07. The van der Waals surface area contributed by atoms with E-state index in [1.807, 2.05) is 36.4 Å². The number of carbonyl (C=O) groups excluding carboxylic acids is 1. The largest absolute Gasteiger partial charge is 0.297 e. The molecule has 124 valence electrons. The monoisotopic (exact) mass is 319 g/mol. The molecule has 0 radical (unpaired) electrons. The van der Waals surface area contributed by atoms with E-state index >= 15 is 0 Å². The first-order chi connectivity index (χ1) is 11.7. The van der Waals surface area contributed by atoms with Crippen LogP contribution in [0.25, 0.3) is 6.08 Å². The minimum absolute atomic E-state index is 0.250. The van der Waals surface area contributed by atoms with Crippen molar-refractivity contribution in [2.75, 3.05) is 7.05 Å². The molecule has 1 aliphatic rings. The highest BCUT2D eigenvalue weighted by molar-refractivity contribution is 5.96. The zero-order chi connectivity index (χ0) is 16.8. The van der Waals surface area contributed by atoms with Crippen LogP contribution in [-0.4, -0.2) is 29.8 Å². The molecule has 0 N–H and O–H groups in total. The molecule has 2 nitrogen and oxygen atoms in total. The van der Waals surface area contributed by atoms with Gasteiger partial charge in [0, 0.05) is 24.1 Å². The third kappa shape index (κ3) is 4.21. The zero-order valence-electron chi connectivity index (χ0n) is 14.3. The van der Waals surface area contributed by atoms with Gasteiger partial charge in [0.2, 0.25) is 0 Å². The summed E-state index contributed by atoms with van der Waals surface area (Å²) in [5.41, 5.74) is 2.06. The van der Waals surface area contributed by atoms with Crippen LogP contribution in [0.3, 0.4) is 0 Å². The maximum atomic E-state index is 12.5. The van der Waals surface area contributed by atoms with Crippen molar-refractivity contribution < 1.29 is 4.79 Å². The molecule has 2 aromatic carbocycles. The van der Waals surface area contributed by atoms with Crippen molar-refractivity contribution in [1.29, 1.82) is 0 Å². The number of benzene rings is 2. The van der Waals surface area contributed by atoms with Crippen molar-refractivity contribution in [1.82, 2.24) is 4.90 Å². The van der Waals surface area contributed by atoms with E-state index in [4.69, 9.17) is 0 Å². The lowest BCUT2D eigenvalue weighted by molar-refractivity contribution is 0.0863. The Labute approximate surface area is 144 Å². The summed E-state index contributed by atoms with van der Waals surface area (Å²) in [6.07, 6.45) is 8.54. The molecule has 0 spiro atoms. The number of carbonyl (C=O) groups is 1. The molecule has 2 aromatic rings. The lowest BCUT2D eigenvalue weighted by Gasteiger charge is -2.38. The fourth-order valence-corrected chi connectivity index (χ4v) is 3.46. The van der Waals surface area contributed by atoms with E-state index in [9.17, 15) is 4.79 Å². The second-order valence-corrected chi connectivity index (χ2v) is 6.58. The summed E-state index contributed by atoms with van der Waals surface area (Å²) in [5, 5.41) is 0. The van der Waals surface area contributed by atoms with Crippen molar-refractivity contribution in [3.8, 4) is 0 Å². The summed E-state index contributed by atoms with van der Waals surface area (Å²) in [5.74, 6) is 0.250. The highest BCUT2D eigenvalue weighted by Crippen LogP contribution is 2.26. The quantitative estimate of drug-likeness (QED) is 0.736. The standard InChI is InChI=1S/C22H25NO/c1-23-20(16-15-18-9-4-2-5-10-18)13-8-14-21(23)17-22(24)19-11-6-3-7-12-19/h2-7,9-12,15-16,20-21H,8,13-14,17H2,1H3/t20-,21+/m0/s1. The van der Waals surface area contributed by atoms with E-state index in [1.54, 1.807) is 0 Å². The number of ketones is 1. The van der Waals surface area contributed by atoms with Gasteiger partial charge in [0.15, 0.2) is 5.78 Å². The van der Waals surface area contributed by atoms with Crippen LogP contribution in [0.4, 0.5) is 0 Å². The number of hydrogen-bond acceptors (Lipinski definition) is 2. The number of rotatable bonds is 5. The number of likely N-dealkylation sites (tertiary alicyclic amines) is 1. The summed E-state index contributed by atoms with van der Waals surface area (Å²) in [6.45, 7) is 0. The maximum absolute atomic E-state index is 12.5. The Morgan fingerprint density at radius 2 is 1.71 bits per heavy atom. The van der Waals surface area contributed by atoms with Gasteiger partial charge in [0.25, 0.3) is 0 Å². The number of likely N-dealkylation sites (N-methyl/N-ethyl adjacent to an activating group) is 1. The summed E-state index contributed by atoms with van der Waals surface area (Å²) in [6, 6.07) is 20.8. The Kier molecular flexibility index (Phi) is 5.60. The minimum atomic E-state index is 0.250. The predicted octanol–water partition coefficient (Wildman–Crippen LogP) is 4.83. The van der Waals surface area contributed by atoms with Crippen LogP contribution in [0.2, 0.25) is 0 Å². The Bertz CT molecular complexity index is 678. The highest BCUT2D eigenvalue weighted by Gasteiger charge is 2.27. The first-order valence-electron chi connectivity index (χ1n) is 8.77. The van der Waals surface area contributed by atoms with E-state index in [0.29, 0.717) is 18.5 Å². The summed E-state index contributed by atoms with van der Waals surface area (Å²) in [7, 11) is 2.15. The molecule has 2 atom stereocenters. The number of Topliss-reactive ketones (excluding diaryl/α,β-unsaturated/α-hetero) is 1. The van der Waals surface area contributed by atoms with Gasteiger partial charge in [-0.2, -0.15) is 0 Å². The summed E-state index contributed by atoms with van der Waals surface area (Å²) >= 11 is 0. The van der Waals surface area contributed by atoms with E-state index in [-0.39, 0.29) is 5.78 Å². The molecule has 0 bridgehead atoms. The third-order valence-corrected chi connectivity index (χ3v) is 4.96. The van der Waals surface area contributed by atoms with Gasteiger partial charge in [-0.1, -0.05) is 79.2 Å². The molecule has 0 aromatic heterocycles. The lowest BCUT2D eigenvalue weighted by atomic mass is 9.91. The van der Waals surface area contributed by atoms with Gasteiger partial charge in [0.05, 0.1) is 0 Å². The van der Waals surface area contributed by atoms with Crippen molar-refractivity contribution in [3.63, 3.8) is 0 Å². The van der Waals surface area contributed by atoms with E-state index in [1.165, 1.54) is 12.0 Å². The van der Waals surface area contributed by atoms with Crippen LogP contribution in [0.15, 0.2) is 66.7 Å². The molecule has 1 heterocycles. The molecule has 2 heteroatoms. The maximum Gasteiger partial charge on any atom is 0.164 e. The number of hydrogen-bond donors (Lipinski definition) is 0. The van der Waals surface area contributed by atoms with Crippen molar-refractivity contribution in [3.05, 3.63) is 77.9 Å². The van der Waals surface area contributed by atoms with E-state index < -0.39 is 0 Å². The summed E-state index contributed by atoms with van der Waals surface area (Å²) < 4.78 is 0. The average Bonchev–Trinajstić information content (AvgIpc) is 2.64. The minimum Gasteiger partial charge on any atom is -0.297 e. The Hall–Kier alpha value is -2.19. The number of piperidine rings is 1. The van der Waals surface area contributed by atoms with Crippen LogP contribution in [0, 0.1) is 0 Å². The molecule has 0 amide bonds. The molecule has 24 heavy (non-hydrogen) atoms. The van der Waals surface area contributed by atoms with Gasteiger partial charge in [-0.15, -0.1) is 0 Å². The molecule has 0 unspecified atom stereocenters. The SMILES string of the molecule is CN1[C@@H](CC(=O)c2ccccc2)CCC[C@H]1C=Cc1ccccc1. The van der Waals surface area contributed by atoms with Crippen LogP contribution < -0.4 is 0 Å². The van der Waals surface area contributed by atoms with E-state index in [0.717, 1.165) is 18.4 Å². The van der Waals surface area contributed by atoms with Gasteiger partial charge in [-0.3, -0.25) is 9.69 Å².